The zero-order valence-electron chi connectivity index (χ0n) is 20.6. The minimum Gasteiger partial charge on any atom is -0.493 e. The third-order valence-corrected chi connectivity index (χ3v) is 8.37. The number of amidine groups is 1. The summed E-state index contributed by atoms with van der Waals surface area (Å²) in [5.41, 5.74) is 0.830. The molecule has 1 aliphatic heterocycles. The van der Waals surface area contributed by atoms with Crippen LogP contribution in [0.4, 0.5) is 0 Å². The Kier molecular flexibility index (Phi) is 8.86. The van der Waals surface area contributed by atoms with Crippen molar-refractivity contribution in [2.45, 2.75) is 103 Å². The normalized spacial score (nSPS) is 23.6. The van der Waals surface area contributed by atoms with E-state index < -0.39 is 0 Å². The molecule has 5 nitrogen and oxygen atoms in total. The molecular formula is C27H37ClN2O3S. The zero-order chi connectivity index (χ0) is 24.1. The van der Waals surface area contributed by atoms with Crippen molar-refractivity contribution < 1.29 is 14.3 Å². The fraction of sp³-hybridized carbons (Fsp3) is 0.630. The SMILES string of the molecule is CCC(C)Oc1c(Cl)cc(C=C2SC(=NC3CCCCC3)N(C3CCCCC3)C2=O)cc1OC. The fourth-order valence-electron chi connectivity index (χ4n) is 4.98. The summed E-state index contributed by atoms with van der Waals surface area (Å²) in [5, 5.41) is 1.38. The van der Waals surface area contributed by atoms with Crippen molar-refractivity contribution in [3.63, 3.8) is 0 Å². The Morgan fingerprint density at radius 3 is 2.47 bits per heavy atom. The zero-order valence-corrected chi connectivity index (χ0v) is 22.2. The molecule has 1 atom stereocenters. The van der Waals surface area contributed by atoms with E-state index in [-0.39, 0.29) is 18.1 Å². The van der Waals surface area contributed by atoms with E-state index in [2.05, 4.69) is 6.92 Å². The number of hydrogen-bond donors (Lipinski definition) is 0. The first-order valence-corrected chi connectivity index (χ1v) is 14.0. The number of methoxy groups -OCH3 is 1. The molecule has 2 aliphatic carbocycles. The number of halogens is 1. The van der Waals surface area contributed by atoms with E-state index in [1.807, 2.05) is 30.0 Å². The molecule has 1 aromatic carbocycles. The molecule has 186 valence electrons. The Bertz CT molecular complexity index is 936. The highest BCUT2D eigenvalue weighted by Gasteiger charge is 2.39. The first kappa shape index (κ1) is 25.4. The number of ether oxygens (including phenoxy) is 2. The van der Waals surface area contributed by atoms with Gasteiger partial charge in [0.1, 0.15) is 0 Å². The molecule has 3 fully saturated rings. The molecule has 1 aromatic rings. The molecule has 1 unspecified atom stereocenters. The van der Waals surface area contributed by atoms with Gasteiger partial charge in [-0.2, -0.15) is 0 Å². The number of thioether (sulfide) groups is 1. The van der Waals surface area contributed by atoms with Gasteiger partial charge in [-0.25, -0.2) is 0 Å². The maximum Gasteiger partial charge on any atom is 0.266 e. The van der Waals surface area contributed by atoms with E-state index in [1.165, 1.54) is 50.3 Å². The van der Waals surface area contributed by atoms with Gasteiger partial charge in [-0.15, -0.1) is 0 Å². The van der Waals surface area contributed by atoms with Crippen LogP contribution < -0.4 is 9.47 Å². The van der Waals surface area contributed by atoms with Gasteiger partial charge in [-0.3, -0.25) is 14.7 Å². The van der Waals surface area contributed by atoms with Crippen LogP contribution >= 0.6 is 23.4 Å². The molecular weight excluding hydrogens is 468 g/mol. The molecule has 7 heteroatoms. The third kappa shape index (κ3) is 5.93. The number of amides is 1. The molecule has 1 amide bonds. The predicted molar refractivity (Wildman–Crippen MR) is 142 cm³/mol. The number of carbonyl (C=O) groups is 1. The van der Waals surface area contributed by atoms with E-state index in [0.29, 0.717) is 27.5 Å². The minimum absolute atomic E-state index is 0.0326. The van der Waals surface area contributed by atoms with Crippen LogP contribution in [0.5, 0.6) is 11.5 Å². The van der Waals surface area contributed by atoms with E-state index in [0.717, 1.165) is 42.8 Å². The summed E-state index contributed by atoms with van der Waals surface area (Å²) in [5.74, 6) is 1.20. The summed E-state index contributed by atoms with van der Waals surface area (Å²) in [6, 6.07) is 4.34. The topological polar surface area (TPSA) is 51.1 Å². The summed E-state index contributed by atoms with van der Waals surface area (Å²) >= 11 is 8.10. The van der Waals surface area contributed by atoms with Crippen molar-refractivity contribution in [3.8, 4) is 11.5 Å². The van der Waals surface area contributed by atoms with Gasteiger partial charge >= 0.3 is 0 Å². The molecule has 1 saturated heterocycles. The van der Waals surface area contributed by atoms with Gasteiger partial charge in [-0.05, 0) is 74.6 Å². The Hall–Kier alpha value is -1.66. The number of nitrogens with zero attached hydrogens (tertiary/aromatic N) is 2. The largest absolute Gasteiger partial charge is 0.493 e. The predicted octanol–water partition coefficient (Wildman–Crippen LogP) is 7.46. The fourth-order valence-corrected chi connectivity index (χ4v) is 6.35. The van der Waals surface area contributed by atoms with Crippen molar-refractivity contribution >= 4 is 40.5 Å². The number of carbonyl (C=O) groups excluding carboxylic acids is 1. The van der Waals surface area contributed by atoms with Crippen LogP contribution in [0, 0.1) is 0 Å². The lowest BCUT2D eigenvalue weighted by atomic mass is 9.94. The van der Waals surface area contributed by atoms with Crippen LogP contribution in [-0.4, -0.2) is 41.3 Å². The first-order chi connectivity index (χ1) is 16.5. The quantitative estimate of drug-likeness (QED) is 0.361. The average molecular weight is 505 g/mol. The monoisotopic (exact) mass is 504 g/mol. The molecule has 1 heterocycles. The lowest BCUT2D eigenvalue weighted by Gasteiger charge is -2.31. The van der Waals surface area contributed by atoms with Crippen molar-refractivity contribution in [1.29, 1.82) is 0 Å². The van der Waals surface area contributed by atoms with E-state index in [4.69, 9.17) is 26.1 Å². The number of benzene rings is 1. The van der Waals surface area contributed by atoms with Crippen molar-refractivity contribution in [2.75, 3.05) is 7.11 Å². The second-order valence-corrected chi connectivity index (χ2v) is 11.1. The summed E-state index contributed by atoms with van der Waals surface area (Å²) in [4.78, 5) is 21.4. The molecule has 2 saturated carbocycles. The average Bonchev–Trinajstić information content (AvgIpc) is 3.15. The lowest BCUT2D eigenvalue weighted by molar-refractivity contribution is -0.124. The van der Waals surface area contributed by atoms with Crippen LogP contribution in [0.25, 0.3) is 6.08 Å². The molecule has 0 spiro atoms. The smallest absolute Gasteiger partial charge is 0.266 e. The maximum atomic E-state index is 13.6. The second kappa shape index (κ2) is 11.9. The summed E-state index contributed by atoms with van der Waals surface area (Å²) < 4.78 is 11.6. The van der Waals surface area contributed by atoms with Gasteiger partial charge in [-0.1, -0.05) is 57.0 Å². The molecule has 0 radical (unpaired) electrons. The number of aliphatic imine (C=N–C) groups is 1. The van der Waals surface area contributed by atoms with E-state index in [9.17, 15) is 4.79 Å². The van der Waals surface area contributed by atoms with Crippen LogP contribution in [0.3, 0.4) is 0 Å². The van der Waals surface area contributed by atoms with Crippen molar-refractivity contribution in [2.24, 2.45) is 4.99 Å². The molecule has 4 rings (SSSR count). The maximum absolute atomic E-state index is 13.6. The molecule has 3 aliphatic rings. The highest BCUT2D eigenvalue weighted by Crippen LogP contribution is 2.41. The number of hydrogen-bond acceptors (Lipinski definition) is 5. The van der Waals surface area contributed by atoms with E-state index in [1.54, 1.807) is 7.11 Å². The first-order valence-electron chi connectivity index (χ1n) is 12.8. The molecule has 0 bridgehead atoms. The Labute approximate surface area is 213 Å². The van der Waals surface area contributed by atoms with Crippen LogP contribution in [0.1, 0.15) is 90.0 Å². The Morgan fingerprint density at radius 2 is 1.82 bits per heavy atom. The minimum atomic E-state index is 0.0326. The summed E-state index contributed by atoms with van der Waals surface area (Å²) in [7, 11) is 1.61. The van der Waals surface area contributed by atoms with Crippen LogP contribution in [0.2, 0.25) is 5.02 Å². The van der Waals surface area contributed by atoms with Crippen molar-refractivity contribution in [3.05, 3.63) is 27.6 Å². The van der Waals surface area contributed by atoms with Gasteiger partial charge in [0.05, 0.1) is 29.2 Å². The highest BCUT2D eigenvalue weighted by molar-refractivity contribution is 8.18. The standard InChI is InChI=1S/C27H37ClN2O3S/c1-4-18(2)33-25-22(28)15-19(16-23(25)32-3)17-24-26(31)30(21-13-9-6-10-14-21)27(34-24)29-20-11-7-5-8-12-20/h15-18,20-21H,4-14H2,1-3H3. The third-order valence-electron chi connectivity index (χ3n) is 7.09. The lowest BCUT2D eigenvalue weighted by Crippen LogP contribution is -2.41. The second-order valence-electron chi connectivity index (χ2n) is 9.65. The van der Waals surface area contributed by atoms with E-state index >= 15 is 0 Å². The van der Waals surface area contributed by atoms with Gasteiger partial charge in [0, 0.05) is 6.04 Å². The van der Waals surface area contributed by atoms with Gasteiger partial charge in [0.2, 0.25) is 0 Å². The van der Waals surface area contributed by atoms with Gasteiger partial charge in [0.15, 0.2) is 16.7 Å². The highest BCUT2D eigenvalue weighted by atomic mass is 35.5. The van der Waals surface area contributed by atoms with Gasteiger partial charge < -0.3 is 9.47 Å². The van der Waals surface area contributed by atoms with Crippen molar-refractivity contribution in [1.82, 2.24) is 4.90 Å². The Balaban J connectivity index is 1.64. The van der Waals surface area contributed by atoms with Crippen LogP contribution in [-0.2, 0) is 4.79 Å². The number of rotatable bonds is 7. The summed E-state index contributed by atoms with van der Waals surface area (Å²) in [6.07, 6.45) is 14.6. The van der Waals surface area contributed by atoms with Gasteiger partial charge in [0.25, 0.3) is 5.91 Å². The van der Waals surface area contributed by atoms with Crippen LogP contribution in [0.15, 0.2) is 22.0 Å². The Morgan fingerprint density at radius 1 is 1.15 bits per heavy atom. The molecule has 0 aromatic heterocycles. The molecule has 0 N–H and O–H groups in total. The summed E-state index contributed by atoms with van der Waals surface area (Å²) in [6.45, 7) is 4.07. The molecule has 34 heavy (non-hydrogen) atoms.